The molecule has 0 saturated carbocycles. The lowest BCUT2D eigenvalue weighted by Crippen LogP contribution is -2.45. The van der Waals surface area contributed by atoms with Gasteiger partial charge in [0.25, 0.3) is 10.0 Å². The molecular formula is C29H34FN3O5S. The Kier molecular flexibility index (Phi) is 7.19. The van der Waals surface area contributed by atoms with E-state index in [1.165, 1.54) is 17.2 Å². The average molecular weight is 556 g/mol. The highest BCUT2D eigenvalue weighted by Gasteiger charge is 2.38. The second-order valence-electron chi connectivity index (χ2n) is 11.2. The van der Waals surface area contributed by atoms with Crippen LogP contribution in [-0.2, 0) is 26.0 Å². The SMILES string of the molecule is CN(Cc1cc(-c2ccccc2F)n(S(=O)(=O)c2cccc(N3C4CCC3COC4)c2)c1)C(=O)OC(C)(C)C. The molecule has 2 fully saturated rings. The number of halogens is 1. The third-order valence-electron chi connectivity index (χ3n) is 7.03. The molecule has 0 N–H and O–H groups in total. The first-order valence-electron chi connectivity index (χ1n) is 13.1. The van der Waals surface area contributed by atoms with E-state index in [0.29, 0.717) is 18.8 Å². The number of benzene rings is 2. The first-order chi connectivity index (χ1) is 18.4. The maximum absolute atomic E-state index is 14.9. The zero-order valence-electron chi connectivity index (χ0n) is 22.6. The maximum Gasteiger partial charge on any atom is 0.410 e. The van der Waals surface area contributed by atoms with Gasteiger partial charge in [0.1, 0.15) is 11.4 Å². The number of aromatic nitrogens is 1. The molecule has 2 atom stereocenters. The number of carbonyl (C=O) groups excluding carboxylic acids is 1. The van der Waals surface area contributed by atoms with Crippen molar-refractivity contribution < 1.29 is 27.1 Å². The molecule has 1 amide bonds. The summed E-state index contributed by atoms with van der Waals surface area (Å²) in [6.45, 7) is 6.64. The van der Waals surface area contributed by atoms with Crippen LogP contribution >= 0.6 is 0 Å². The number of rotatable bonds is 6. The smallest absolute Gasteiger partial charge is 0.410 e. The Bertz CT molecular complexity index is 1460. The number of anilines is 1. The molecule has 0 spiro atoms. The normalized spacial score (nSPS) is 19.3. The van der Waals surface area contributed by atoms with Gasteiger partial charge in [-0.25, -0.2) is 21.6 Å². The van der Waals surface area contributed by atoms with Gasteiger partial charge in [-0.1, -0.05) is 18.2 Å². The fourth-order valence-electron chi connectivity index (χ4n) is 5.29. The number of amides is 1. The zero-order chi connectivity index (χ0) is 27.9. The van der Waals surface area contributed by atoms with Crippen molar-refractivity contribution in [2.75, 3.05) is 25.2 Å². The van der Waals surface area contributed by atoms with E-state index >= 15 is 0 Å². The molecule has 39 heavy (non-hydrogen) atoms. The Morgan fingerprint density at radius 2 is 1.77 bits per heavy atom. The summed E-state index contributed by atoms with van der Waals surface area (Å²) in [5.74, 6) is -0.544. The minimum atomic E-state index is -4.12. The van der Waals surface area contributed by atoms with Gasteiger partial charge in [-0.3, -0.25) is 0 Å². The monoisotopic (exact) mass is 555 g/mol. The Labute approximate surface area is 229 Å². The Morgan fingerprint density at radius 3 is 2.44 bits per heavy atom. The van der Waals surface area contributed by atoms with Crippen molar-refractivity contribution in [3.8, 4) is 11.3 Å². The second kappa shape index (κ2) is 10.3. The Morgan fingerprint density at radius 1 is 1.08 bits per heavy atom. The largest absolute Gasteiger partial charge is 0.444 e. The van der Waals surface area contributed by atoms with E-state index in [9.17, 15) is 17.6 Å². The Hall–Kier alpha value is -3.37. The van der Waals surface area contributed by atoms with E-state index in [4.69, 9.17) is 9.47 Å². The first kappa shape index (κ1) is 27.2. The van der Waals surface area contributed by atoms with Gasteiger partial charge in [0, 0.05) is 24.5 Å². The van der Waals surface area contributed by atoms with Crippen LogP contribution < -0.4 is 4.90 Å². The van der Waals surface area contributed by atoms with Gasteiger partial charge in [-0.05, 0) is 75.6 Å². The summed E-state index contributed by atoms with van der Waals surface area (Å²) >= 11 is 0. The van der Waals surface area contributed by atoms with Crippen LogP contribution in [0.5, 0.6) is 0 Å². The molecule has 5 rings (SSSR count). The Balaban J connectivity index is 1.53. The predicted molar refractivity (Wildman–Crippen MR) is 147 cm³/mol. The minimum Gasteiger partial charge on any atom is -0.444 e. The standard InChI is InChI=1S/C29H34FN3O5S/c1-29(2,3)38-28(34)31(4)16-20-14-27(25-10-5-6-11-26(25)30)32(17-20)39(35,36)24-9-7-8-21(15-24)33-22-12-13-23(33)19-37-18-22/h5-11,14-15,17,22-23H,12-13,16,18-19H2,1-4H3. The van der Waals surface area contributed by atoms with Gasteiger partial charge in [-0.15, -0.1) is 0 Å². The molecule has 3 aromatic rings. The number of hydrogen-bond donors (Lipinski definition) is 0. The molecule has 2 aliphatic heterocycles. The minimum absolute atomic E-state index is 0.0794. The lowest BCUT2D eigenvalue weighted by molar-refractivity contribution is 0.0285. The molecule has 208 valence electrons. The topological polar surface area (TPSA) is 81.1 Å². The van der Waals surface area contributed by atoms with Crippen LogP contribution in [0, 0.1) is 5.82 Å². The summed E-state index contributed by atoms with van der Waals surface area (Å²) in [5.41, 5.74) is 1.00. The molecule has 2 aliphatic rings. The van der Waals surface area contributed by atoms with Crippen LogP contribution in [0.1, 0.15) is 39.2 Å². The summed E-state index contributed by atoms with van der Waals surface area (Å²) in [6.07, 6.45) is 2.91. The molecule has 8 nitrogen and oxygen atoms in total. The van der Waals surface area contributed by atoms with Gasteiger partial charge in [-0.2, -0.15) is 0 Å². The summed E-state index contributed by atoms with van der Waals surface area (Å²) < 4.78 is 55.3. The lowest BCUT2D eigenvalue weighted by Gasteiger charge is -2.36. The van der Waals surface area contributed by atoms with Crippen molar-refractivity contribution in [2.24, 2.45) is 0 Å². The molecule has 0 aliphatic carbocycles. The van der Waals surface area contributed by atoms with Gasteiger partial charge < -0.3 is 19.3 Å². The van der Waals surface area contributed by atoms with Crippen LogP contribution in [0.4, 0.5) is 14.9 Å². The maximum atomic E-state index is 14.9. The lowest BCUT2D eigenvalue weighted by atomic mass is 10.1. The highest BCUT2D eigenvalue weighted by atomic mass is 32.2. The number of carbonyl (C=O) groups is 1. The van der Waals surface area contributed by atoms with E-state index in [0.717, 1.165) is 22.5 Å². The molecule has 1 aromatic heterocycles. The van der Waals surface area contributed by atoms with Crippen LogP contribution in [0.15, 0.2) is 65.7 Å². The fourth-order valence-corrected chi connectivity index (χ4v) is 6.73. The van der Waals surface area contributed by atoms with Crippen molar-refractivity contribution in [1.29, 1.82) is 0 Å². The second-order valence-corrected chi connectivity index (χ2v) is 13.0. The predicted octanol–water partition coefficient (Wildman–Crippen LogP) is 5.27. The average Bonchev–Trinajstić information content (AvgIpc) is 3.41. The molecule has 2 unspecified atom stereocenters. The van der Waals surface area contributed by atoms with Crippen LogP contribution in [-0.4, -0.2) is 61.3 Å². The number of ether oxygens (including phenoxy) is 2. The molecule has 2 saturated heterocycles. The van der Waals surface area contributed by atoms with E-state index in [1.54, 1.807) is 70.3 Å². The number of hydrogen-bond acceptors (Lipinski definition) is 6. The van der Waals surface area contributed by atoms with E-state index in [2.05, 4.69) is 4.90 Å². The third-order valence-corrected chi connectivity index (χ3v) is 8.70. The number of fused-ring (bicyclic) bond motifs is 2. The van der Waals surface area contributed by atoms with E-state index in [-0.39, 0.29) is 34.8 Å². The van der Waals surface area contributed by atoms with E-state index < -0.39 is 27.5 Å². The van der Waals surface area contributed by atoms with Crippen molar-refractivity contribution in [3.63, 3.8) is 0 Å². The van der Waals surface area contributed by atoms with Gasteiger partial charge in [0.05, 0.1) is 42.4 Å². The van der Waals surface area contributed by atoms with Crippen LogP contribution in [0.2, 0.25) is 0 Å². The van der Waals surface area contributed by atoms with Gasteiger partial charge in [0.2, 0.25) is 0 Å². The number of nitrogens with zero attached hydrogens (tertiary/aromatic N) is 3. The van der Waals surface area contributed by atoms with Crippen molar-refractivity contribution in [2.45, 2.75) is 62.7 Å². The molecule has 2 aromatic carbocycles. The molecule has 0 radical (unpaired) electrons. The summed E-state index contributed by atoms with van der Waals surface area (Å²) in [4.78, 5) is 16.3. The van der Waals surface area contributed by atoms with Crippen molar-refractivity contribution in [3.05, 3.63) is 72.2 Å². The number of morpholine rings is 1. The first-order valence-corrected chi connectivity index (χ1v) is 14.5. The summed E-state index contributed by atoms with van der Waals surface area (Å²) in [6, 6.07) is 15.0. The zero-order valence-corrected chi connectivity index (χ0v) is 23.4. The van der Waals surface area contributed by atoms with Crippen molar-refractivity contribution >= 4 is 21.8 Å². The highest BCUT2D eigenvalue weighted by Crippen LogP contribution is 2.36. The molecule has 10 heteroatoms. The summed E-state index contributed by atoms with van der Waals surface area (Å²) in [5, 5.41) is 0. The van der Waals surface area contributed by atoms with E-state index in [1.807, 2.05) is 6.07 Å². The van der Waals surface area contributed by atoms with Crippen LogP contribution in [0.25, 0.3) is 11.3 Å². The van der Waals surface area contributed by atoms with Crippen molar-refractivity contribution in [1.82, 2.24) is 8.87 Å². The summed E-state index contributed by atoms with van der Waals surface area (Å²) in [7, 11) is -2.54. The molecule has 2 bridgehead atoms. The molecular weight excluding hydrogens is 521 g/mol. The highest BCUT2D eigenvalue weighted by molar-refractivity contribution is 7.90. The van der Waals surface area contributed by atoms with Gasteiger partial charge in [0.15, 0.2) is 0 Å². The fraction of sp³-hybridized carbons (Fsp3) is 0.414. The quantitative estimate of drug-likeness (QED) is 0.413. The van der Waals surface area contributed by atoms with Gasteiger partial charge >= 0.3 is 6.09 Å². The third kappa shape index (κ3) is 5.53. The molecule has 3 heterocycles. The van der Waals surface area contributed by atoms with Crippen LogP contribution in [0.3, 0.4) is 0 Å².